The Labute approximate surface area is 250 Å². The minimum Gasteiger partial charge on any atom is -0.491 e. The minimum absolute atomic E-state index is 0.0813. The molecule has 0 heterocycles. The van der Waals surface area contributed by atoms with Crippen LogP contribution in [0.5, 0.6) is 11.5 Å². The largest absolute Gasteiger partial charge is 0.491 e. The second kappa shape index (κ2) is 16.7. The molecule has 4 aromatic carbocycles. The van der Waals surface area contributed by atoms with Gasteiger partial charge in [0.15, 0.2) is 0 Å². The summed E-state index contributed by atoms with van der Waals surface area (Å²) in [5, 5.41) is 22.0. The third-order valence-electron chi connectivity index (χ3n) is 7.60. The molecule has 0 aliphatic carbocycles. The molecule has 0 aromatic heterocycles. The first-order valence-corrected chi connectivity index (χ1v) is 14.8. The summed E-state index contributed by atoms with van der Waals surface area (Å²) in [7, 11) is 0. The highest BCUT2D eigenvalue weighted by Crippen LogP contribution is 2.24. The van der Waals surface area contributed by atoms with Gasteiger partial charge in [0.05, 0.1) is 0 Å². The molecule has 0 spiro atoms. The average molecular weight is 569 g/mol. The second-order valence-electron chi connectivity index (χ2n) is 10.7. The smallest absolute Gasteiger partial charge is 0.119 e. The molecule has 0 bridgehead atoms. The topological polar surface area (TPSA) is 65.4 Å². The van der Waals surface area contributed by atoms with Crippen LogP contribution in [0.4, 0.5) is 0 Å². The van der Waals surface area contributed by atoms with Crippen LogP contribution in [0, 0.1) is 0 Å². The summed E-state index contributed by atoms with van der Waals surface area (Å²) >= 11 is 0. The lowest BCUT2D eigenvalue weighted by Crippen LogP contribution is -2.44. The highest BCUT2D eigenvalue weighted by Gasteiger charge is 2.24. The third kappa shape index (κ3) is 10.00. The number of aliphatic hydroxyl groups excluding tert-OH is 2. The maximum absolute atomic E-state index is 11.0. The zero-order chi connectivity index (χ0) is 29.6. The molecule has 0 unspecified atom stereocenters. The van der Waals surface area contributed by atoms with E-state index in [1.54, 1.807) is 0 Å². The van der Waals surface area contributed by atoms with Crippen LogP contribution in [-0.4, -0.2) is 71.6 Å². The number of hydrogen-bond acceptors (Lipinski definition) is 6. The van der Waals surface area contributed by atoms with Crippen LogP contribution < -0.4 is 9.47 Å². The molecule has 4 rings (SSSR count). The predicted octanol–water partition coefficient (Wildman–Crippen LogP) is 5.99. The molecule has 4 aromatic rings. The Morgan fingerprint density at radius 3 is 1.14 bits per heavy atom. The van der Waals surface area contributed by atoms with Gasteiger partial charge < -0.3 is 19.7 Å². The Bertz CT molecular complexity index is 1160. The lowest BCUT2D eigenvalue weighted by atomic mass is 10.1. The van der Waals surface area contributed by atoms with Gasteiger partial charge in [0.1, 0.15) is 36.9 Å². The lowest BCUT2D eigenvalue weighted by Gasteiger charge is -2.36. The van der Waals surface area contributed by atoms with E-state index >= 15 is 0 Å². The highest BCUT2D eigenvalue weighted by atomic mass is 16.5. The fourth-order valence-corrected chi connectivity index (χ4v) is 5.09. The molecule has 0 fully saturated rings. The molecule has 0 saturated heterocycles. The minimum atomic E-state index is -0.666. The number of hydrogen-bond donors (Lipinski definition) is 2. The Morgan fingerprint density at radius 1 is 0.500 bits per heavy atom. The molecule has 0 amide bonds. The Kier molecular flexibility index (Phi) is 12.4. The standard InChI is InChI=1S/C36H44N2O4/c1-29(31-15-7-3-8-16-31)37(25-33(39)27-41-35-19-11-5-12-20-35)23-24-38(30(2)32-17-9-4-10-18-32)26-34(40)28-42-36-21-13-6-14-22-36/h3-22,29-30,33-34,39-40H,23-28H2,1-2H3/t29-,30-,33-,34-/m0/s1. The molecule has 6 nitrogen and oxygen atoms in total. The Balaban J connectivity index is 1.45. The van der Waals surface area contributed by atoms with Crippen molar-refractivity contribution in [2.45, 2.75) is 38.1 Å². The van der Waals surface area contributed by atoms with Gasteiger partial charge in [-0.15, -0.1) is 0 Å². The van der Waals surface area contributed by atoms with E-state index in [0.717, 1.165) is 11.5 Å². The van der Waals surface area contributed by atoms with Crippen molar-refractivity contribution in [3.8, 4) is 11.5 Å². The fourth-order valence-electron chi connectivity index (χ4n) is 5.09. The van der Waals surface area contributed by atoms with Crippen molar-refractivity contribution in [2.75, 3.05) is 39.4 Å². The normalized spacial score (nSPS) is 14.3. The fraction of sp³-hybridized carbons (Fsp3) is 0.333. The Morgan fingerprint density at radius 2 is 0.810 bits per heavy atom. The molecular weight excluding hydrogens is 524 g/mol. The molecule has 4 atom stereocenters. The molecule has 0 saturated carbocycles. The van der Waals surface area contributed by atoms with Crippen LogP contribution in [0.25, 0.3) is 0 Å². The molecular formula is C36H44N2O4. The summed E-state index contributed by atoms with van der Waals surface area (Å²) in [5.74, 6) is 1.49. The molecule has 6 heteroatoms. The molecule has 42 heavy (non-hydrogen) atoms. The zero-order valence-electron chi connectivity index (χ0n) is 24.7. The Hall–Kier alpha value is -3.68. The van der Waals surface area contributed by atoms with E-state index in [1.807, 2.05) is 97.1 Å². The lowest BCUT2D eigenvalue weighted by molar-refractivity contribution is 0.0308. The first-order valence-electron chi connectivity index (χ1n) is 14.8. The molecule has 0 radical (unpaired) electrons. The van der Waals surface area contributed by atoms with Gasteiger partial charge in [0.25, 0.3) is 0 Å². The summed E-state index contributed by atoms with van der Waals surface area (Å²) in [4.78, 5) is 4.60. The van der Waals surface area contributed by atoms with Crippen LogP contribution in [0.2, 0.25) is 0 Å². The summed E-state index contributed by atoms with van der Waals surface area (Å²) in [6.45, 7) is 7.07. The zero-order valence-corrected chi connectivity index (χ0v) is 24.7. The number of ether oxygens (including phenoxy) is 2. The van der Waals surface area contributed by atoms with Crippen molar-refractivity contribution in [3.63, 3.8) is 0 Å². The van der Waals surface area contributed by atoms with Crippen LogP contribution in [0.15, 0.2) is 121 Å². The van der Waals surface area contributed by atoms with E-state index in [4.69, 9.17) is 9.47 Å². The van der Waals surface area contributed by atoms with Gasteiger partial charge in [-0.2, -0.15) is 0 Å². The summed E-state index contributed by atoms with van der Waals surface area (Å²) in [6.07, 6.45) is -1.33. The van der Waals surface area contributed by atoms with Crippen molar-refractivity contribution >= 4 is 0 Å². The molecule has 0 aliphatic rings. The van der Waals surface area contributed by atoms with Crippen LogP contribution in [0.3, 0.4) is 0 Å². The predicted molar refractivity (Wildman–Crippen MR) is 169 cm³/mol. The van der Waals surface area contributed by atoms with Gasteiger partial charge in [-0.05, 0) is 49.2 Å². The van der Waals surface area contributed by atoms with Gasteiger partial charge in [-0.1, -0.05) is 97.1 Å². The SMILES string of the molecule is C[C@@H](c1ccccc1)N(CCN(C[C@H](O)COc1ccccc1)[C@@H](C)c1ccccc1)C[C@H](O)COc1ccccc1. The van der Waals surface area contributed by atoms with Gasteiger partial charge in [0, 0.05) is 38.3 Å². The highest BCUT2D eigenvalue weighted by molar-refractivity contribution is 5.22. The van der Waals surface area contributed by atoms with Crippen molar-refractivity contribution in [2.24, 2.45) is 0 Å². The van der Waals surface area contributed by atoms with E-state index in [0.29, 0.717) is 26.2 Å². The van der Waals surface area contributed by atoms with E-state index in [2.05, 4.69) is 47.9 Å². The summed E-state index contributed by atoms with van der Waals surface area (Å²) in [6, 6.07) is 40.1. The second-order valence-corrected chi connectivity index (χ2v) is 10.7. The van der Waals surface area contributed by atoms with Crippen molar-refractivity contribution < 1.29 is 19.7 Å². The van der Waals surface area contributed by atoms with Crippen LogP contribution in [0.1, 0.15) is 37.1 Å². The van der Waals surface area contributed by atoms with Gasteiger partial charge in [-0.3, -0.25) is 9.80 Å². The van der Waals surface area contributed by atoms with Crippen LogP contribution in [-0.2, 0) is 0 Å². The number of rotatable bonds is 17. The molecule has 222 valence electrons. The molecule has 2 N–H and O–H groups in total. The maximum atomic E-state index is 11.0. The number of para-hydroxylation sites is 2. The number of benzene rings is 4. The van der Waals surface area contributed by atoms with E-state index in [9.17, 15) is 10.2 Å². The van der Waals surface area contributed by atoms with Gasteiger partial charge in [-0.25, -0.2) is 0 Å². The average Bonchev–Trinajstić information content (AvgIpc) is 3.05. The number of nitrogens with zero attached hydrogens (tertiary/aromatic N) is 2. The van der Waals surface area contributed by atoms with E-state index < -0.39 is 12.2 Å². The van der Waals surface area contributed by atoms with Gasteiger partial charge >= 0.3 is 0 Å². The van der Waals surface area contributed by atoms with Crippen molar-refractivity contribution in [1.29, 1.82) is 0 Å². The monoisotopic (exact) mass is 568 g/mol. The maximum Gasteiger partial charge on any atom is 0.119 e. The van der Waals surface area contributed by atoms with Crippen molar-refractivity contribution in [1.82, 2.24) is 9.80 Å². The quantitative estimate of drug-likeness (QED) is 0.163. The first kappa shape index (κ1) is 31.3. The first-order chi connectivity index (χ1) is 20.5. The summed E-state index contributed by atoms with van der Waals surface area (Å²) in [5.41, 5.74) is 2.38. The number of aliphatic hydroxyl groups is 2. The molecule has 0 aliphatic heterocycles. The third-order valence-corrected chi connectivity index (χ3v) is 7.60. The van der Waals surface area contributed by atoms with E-state index in [-0.39, 0.29) is 25.3 Å². The van der Waals surface area contributed by atoms with Crippen molar-refractivity contribution in [3.05, 3.63) is 132 Å². The summed E-state index contributed by atoms with van der Waals surface area (Å²) < 4.78 is 11.7. The van der Waals surface area contributed by atoms with Gasteiger partial charge in [0.2, 0.25) is 0 Å². The van der Waals surface area contributed by atoms with Crippen LogP contribution >= 0.6 is 0 Å². The van der Waals surface area contributed by atoms with E-state index in [1.165, 1.54) is 11.1 Å².